The van der Waals surface area contributed by atoms with Crippen molar-refractivity contribution < 1.29 is 27.8 Å². The highest BCUT2D eigenvalue weighted by Gasteiger charge is 2.26. The van der Waals surface area contributed by atoms with Crippen molar-refractivity contribution >= 4 is 34.1 Å². The molecule has 3 heterocycles. The molecule has 0 saturated carbocycles. The van der Waals surface area contributed by atoms with Crippen LogP contribution in [0, 0.1) is 11.6 Å². The molecular weight excluding hydrogens is 478 g/mol. The molecule has 0 radical (unpaired) electrons. The van der Waals surface area contributed by atoms with Crippen LogP contribution in [0.4, 0.5) is 24.4 Å². The van der Waals surface area contributed by atoms with E-state index in [0.29, 0.717) is 48.8 Å². The lowest BCUT2D eigenvalue weighted by atomic mass is 10.1. The van der Waals surface area contributed by atoms with Gasteiger partial charge < -0.3 is 14.4 Å². The van der Waals surface area contributed by atoms with Crippen LogP contribution in [0.1, 0.15) is 12.0 Å². The fourth-order valence-corrected chi connectivity index (χ4v) is 4.88. The number of carbonyl (C=O) groups excluding carboxylic acids is 2. The molecule has 8 nitrogen and oxygen atoms in total. The van der Waals surface area contributed by atoms with Gasteiger partial charge in [-0.1, -0.05) is 18.2 Å². The van der Waals surface area contributed by atoms with Gasteiger partial charge in [0.15, 0.2) is 16.7 Å². The van der Waals surface area contributed by atoms with Gasteiger partial charge in [0.2, 0.25) is 11.7 Å². The number of amides is 3. The normalized spacial score (nSPS) is 16.4. The molecule has 1 N–H and O–H groups in total. The summed E-state index contributed by atoms with van der Waals surface area (Å²) in [5.74, 6) is -2.74. The Morgan fingerprint density at radius 3 is 2.69 bits per heavy atom. The Morgan fingerprint density at radius 1 is 1.09 bits per heavy atom. The first kappa shape index (κ1) is 23.2. The second kappa shape index (κ2) is 9.96. The number of nitrogens with zero attached hydrogens (tertiary/aromatic N) is 3. The molecular formula is C24H22F2N4O4S. The summed E-state index contributed by atoms with van der Waals surface area (Å²) in [5.41, 5.74) is 1.92. The third-order valence-corrected chi connectivity index (χ3v) is 6.71. The minimum absolute atomic E-state index is 0.123. The second-order valence-electron chi connectivity index (χ2n) is 8.03. The average molecular weight is 501 g/mol. The van der Waals surface area contributed by atoms with Gasteiger partial charge >= 0.3 is 6.03 Å². The van der Waals surface area contributed by atoms with Crippen LogP contribution >= 0.6 is 11.3 Å². The molecule has 0 aliphatic carbocycles. The number of thiazole rings is 1. The monoisotopic (exact) mass is 500 g/mol. The summed E-state index contributed by atoms with van der Waals surface area (Å²) in [5, 5.41) is 4.84. The molecule has 2 aliphatic rings. The Hall–Kier alpha value is -3.57. The highest BCUT2D eigenvalue weighted by molar-refractivity contribution is 7.14. The molecule has 3 amide bonds. The van der Waals surface area contributed by atoms with E-state index in [9.17, 15) is 18.4 Å². The van der Waals surface area contributed by atoms with E-state index in [4.69, 9.17) is 9.47 Å². The quantitative estimate of drug-likeness (QED) is 0.552. The molecule has 11 heteroatoms. The average Bonchev–Trinajstić information content (AvgIpc) is 3.36. The first-order valence-corrected chi connectivity index (χ1v) is 12.0. The van der Waals surface area contributed by atoms with Gasteiger partial charge in [0.05, 0.1) is 24.6 Å². The number of rotatable bonds is 6. The number of ether oxygens (including phenoxy) is 2. The summed E-state index contributed by atoms with van der Waals surface area (Å²) < 4.78 is 40.3. The zero-order chi connectivity index (χ0) is 24.4. The lowest BCUT2D eigenvalue weighted by Gasteiger charge is -2.28. The van der Waals surface area contributed by atoms with Crippen molar-refractivity contribution in [2.75, 3.05) is 42.6 Å². The molecule has 0 bridgehead atoms. The van der Waals surface area contributed by atoms with E-state index >= 15 is 0 Å². The van der Waals surface area contributed by atoms with E-state index in [0.717, 1.165) is 11.2 Å². The molecule has 2 fully saturated rings. The van der Waals surface area contributed by atoms with Crippen molar-refractivity contribution in [2.45, 2.75) is 13.0 Å². The number of urea groups is 1. The number of nitrogens with one attached hydrogen (secondary N) is 1. The second-order valence-corrected chi connectivity index (χ2v) is 8.86. The summed E-state index contributed by atoms with van der Waals surface area (Å²) in [4.78, 5) is 32.0. The number of hydrogen-bond donors (Lipinski definition) is 1. The first-order valence-electron chi connectivity index (χ1n) is 11.1. The molecule has 35 heavy (non-hydrogen) atoms. The van der Waals surface area contributed by atoms with Crippen LogP contribution in [-0.2, 0) is 16.1 Å². The predicted molar refractivity (Wildman–Crippen MR) is 127 cm³/mol. The fourth-order valence-electron chi connectivity index (χ4n) is 4.00. The van der Waals surface area contributed by atoms with Crippen molar-refractivity contribution in [2.24, 2.45) is 0 Å². The van der Waals surface area contributed by atoms with Crippen LogP contribution in [-0.4, -0.2) is 49.8 Å². The smallest absolute Gasteiger partial charge is 0.328 e. The van der Waals surface area contributed by atoms with E-state index in [2.05, 4.69) is 15.2 Å². The summed E-state index contributed by atoms with van der Waals surface area (Å²) in [6.45, 7) is 2.72. The van der Waals surface area contributed by atoms with E-state index in [1.165, 1.54) is 22.3 Å². The van der Waals surface area contributed by atoms with Crippen LogP contribution in [0.2, 0.25) is 0 Å². The minimum Gasteiger partial charge on any atom is -0.485 e. The Morgan fingerprint density at radius 2 is 1.89 bits per heavy atom. The van der Waals surface area contributed by atoms with E-state index < -0.39 is 17.7 Å². The SMILES string of the molecule is O=C1CCN(c2ccccc2COc2c(-c3csc(N4CCOCC4)n3)ccc(F)c2F)C(=O)N1. The number of carbonyl (C=O) groups is 2. The maximum Gasteiger partial charge on any atom is 0.328 e. The number of benzene rings is 2. The zero-order valence-corrected chi connectivity index (χ0v) is 19.4. The molecule has 3 aromatic rings. The van der Waals surface area contributed by atoms with Gasteiger partial charge in [-0.3, -0.25) is 15.0 Å². The third kappa shape index (κ3) is 4.82. The van der Waals surface area contributed by atoms with Crippen LogP contribution in [0.3, 0.4) is 0 Å². The van der Waals surface area contributed by atoms with Crippen molar-refractivity contribution in [3.05, 3.63) is 59.0 Å². The maximum atomic E-state index is 14.9. The molecule has 0 atom stereocenters. The zero-order valence-electron chi connectivity index (χ0n) is 18.6. The van der Waals surface area contributed by atoms with Crippen molar-refractivity contribution in [3.63, 3.8) is 0 Å². The number of aromatic nitrogens is 1. The number of morpholine rings is 1. The van der Waals surface area contributed by atoms with Crippen molar-refractivity contribution in [1.82, 2.24) is 10.3 Å². The highest BCUT2D eigenvalue weighted by atomic mass is 32.1. The van der Waals surface area contributed by atoms with Crippen molar-refractivity contribution in [1.29, 1.82) is 0 Å². The van der Waals surface area contributed by atoms with E-state index in [1.807, 2.05) is 0 Å². The number of halogens is 2. The summed E-state index contributed by atoms with van der Waals surface area (Å²) in [7, 11) is 0. The van der Waals surface area contributed by atoms with Crippen molar-refractivity contribution in [3.8, 4) is 17.0 Å². The molecule has 2 aliphatic heterocycles. The van der Waals surface area contributed by atoms with Crippen LogP contribution < -0.4 is 19.9 Å². The van der Waals surface area contributed by atoms with Gasteiger partial charge in [-0.15, -0.1) is 11.3 Å². The predicted octanol–water partition coefficient (Wildman–Crippen LogP) is 3.95. The molecule has 2 aromatic carbocycles. The van der Waals surface area contributed by atoms with E-state index in [1.54, 1.807) is 29.6 Å². The van der Waals surface area contributed by atoms with Crippen LogP contribution in [0.15, 0.2) is 41.8 Å². The van der Waals surface area contributed by atoms with Crippen LogP contribution in [0.25, 0.3) is 11.3 Å². The molecule has 2 saturated heterocycles. The maximum absolute atomic E-state index is 14.9. The number of hydrogen-bond acceptors (Lipinski definition) is 7. The Balaban J connectivity index is 1.41. The Labute approximate surface area is 204 Å². The number of imide groups is 1. The van der Waals surface area contributed by atoms with E-state index in [-0.39, 0.29) is 31.2 Å². The minimum atomic E-state index is -1.11. The number of anilines is 2. The van der Waals surface area contributed by atoms with Gasteiger partial charge in [-0.05, 0) is 18.2 Å². The molecule has 0 unspecified atom stereocenters. The number of para-hydroxylation sites is 1. The molecule has 0 spiro atoms. The van der Waals surface area contributed by atoms with Gasteiger partial charge in [0.1, 0.15) is 6.61 Å². The topological polar surface area (TPSA) is 84.0 Å². The molecule has 1 aromatic heterocycles. The Bertz CT molecular complexity index is 1260. The first-order chi connectivity index (χ1) is 17.0. The summed E-state index contributed by atoms with van der Waals surface area (Å²) in [6.07, 6.45) is 0.166. The largest absolute Gasteiger partial charge is 0.485 e. The molecule has 182 valence electrons. The van der Waals surface area contributed by atoms with Gasteiger partial charge in [0, 0.05) is 42.6 Å². The summed E-state index contributed by atoms with van der Waals surface area (Å²) in [6, 6.07) is 8.91. The third-order valence-electron chi connectivity index (χ3n) is 5.81. The fraction of sp³-hybridized carbons (Fsp3) is 0.292. The van der Waals surface area contributed by atoms with Gasteiger partial charge in [-0.2, -0.15) is 4.39 Å². The van der Waals surface area contributed by atoms with Crippen LogP contribution in [0.5, 0.6) is 5.75 Å². The highest BCUT2D eigenvalue weighted by Crippen LogP contribution is 2.37. The Kier molecular flexibility index (Phi) is 6.60. The standard InChI is InChI=1S/C24H22F2N4O4S/c25-17-6-5-16(18-14-35-24(27-18)29-9-11-33-12-10-29)22(21(17)26)34-13-15-3-1-2-4-19(15)30-8-7-20(31)28-23(30)32/h1-6,14H,7-13H2,(H,28,31,32). The van der Waals surface area contributed by atoms with Gasteiger partial charge in [0.25, 0.3) is 0 Å². The summed E-state index contributed by atoms with van der Waals surface area (Å²) >= 11 is 1.41. The van der Waals surface area contributed by atoms with Gasteiger partial charge in [-0.25, -0.2) is 14.2 Å². The molecule has 5 rings (SSSR count). The lowest BCUT2D eigenvalue weighted by Crippen LogP contribution is -2.49. The lowest BCUT2D eigenvalue weighted by molar-refractivity contribution is -0.120.